The third-order valence-corrected chi connectivity index (χ3v) is 2.75. The molecule has 0 spiro atoms. The average Bonchev–Trinajstić information content (AvgIpc) is 2.86. The van der Waals surface area contributed by atoms with E-state index in [-0.39, 0.29) is 0 Å². The fraction of sp³-hybridized carbons (Fsp3) is 0. The van der Waals surface area contributed by atoms with Gasteiger partial charge in [-0.2, -0.15) is 5.10 Å². The van der Waals surface area contributed by atoms with Gasteiger partial charge in [0.1, 0.15) is 10.8 Å². The number of halogens is 1. The number of nitrogens with zero attached hydrogens (tertiary/aromatic N) is 2. The summed E-state index contributed by atoms with van der Waals surface area (Å²) >= 11 is 5.96. The zero-order valence-electron chi connectivity index (χ0n) is 8.16. The first-order chi connectivity index (χ1) is 7.75. The number of nitrogen functional groups attached to an aromatic ring is 1. The lowest BCUT2D eigenvalue weighted by Gasteiger charge is -1.97. The molecule has 0 bridgehead atoms. The highest BCUT2D eigenvalue weighted by Gasteiger charge is 2.08. The number of anilines is 1. The zero-order chi connectivity index (χ0) is 11.1. The molecule has 3 aromatic rings. The third-order valence-electron chi connectivity index (χ3n) is 2.46. The number of imidazole rings is 1. The molecule has 0 aliphatic rings. The second-order valence-electron chi connectivity index (χ2n) is 3.43. The Morgan fingerprint density at radius 3 is 2.94 bits per heavy atom. The molecule has 2 aromatic heterocycles. The van der Waals surface area contributed by atoms with Crippen LogP contribution in [0.3, 0.4) is 0 Å². The van der Waals surface area contributed by atoms with Crippen LogP contribution in [0.4, 0.5) is 5.82 Å². The summed E-state index contributed by atoms with van der Waals surface area (Å²) in [7, 11) is 0. The summed E-state index contributed by atoms with van der Waals surface area (Å²) in [6, 6.07) is 5.73. The quantitative estimate of drug-likeness (QED) is 0.602. The standard InChI is InChI=1S/C10H8ClN5/c11-9-8(13-4-14-9)5-1-2-6-7(3-5)15-16-10(6)12/h1-4H,(H,13,14)(H3,12,15,16). The van der Waals surface area contributed by atoms with Crippen LogP contribution in [-0.4, -0.2) is 20.2 Å². The molecular weight excluding hydrogens is 226 g/mol. The van der Waals surface area contributed by atoms with E-state index in [4.69, 9.17) is 17.3 Å². The number of hydrogen-bond acceptors (Lipinski definition) is 3. The highest BCUT2D eigenvalue weighted by atomic mass is 35.5. The molecule has 0 aliphatic carbocycles. The Balaban J connectivity index is 2.23. The van der Waals surface area contributed by atoms with Crippen LogP contribution in [0.2, 0.25) is 5.15 Å². The molecule has 0 aliphatic heterocycles. The molecule has 3 rings (SSSR count). The van der Waals surface area contributed by atoms with E-state index in [1.807, 2.05) is 18.2 Å². The van der Waals surface area contributed by atoms with Gasteiger partial charge in [0.25, 0.3) is 0 Å². The van der Waals surface area contributed by atoms with Crippen molar-refractivity contribution >= 4 is 28.3 Å². The van der Waals surface area contributed by atoms with Gasteiger partial charge >= 0.3 is 0 Å². The molecule has 0 radical (unpaired) electrons. The number of nitrogens with one attached hydrogen (secondary N) is 2. The van der Waals surface area contributed by atoms with Gasteiger partial charge in [-0.1, -0.05) is 17.7 Å². The molecule has 4 N–H and O–H groups in total. The SMILES string of the molecule is Nc1n[nH]c2cc(-c3nc[nH]c3Cl)ccc12. The summed E-state index contributed by atoms with van der Waals surface area (Å²) in [4.78, 5) is 6.97. The van der Waals surface area contributed by atoms with Crippen molar-refractivity contribution in [3.63, 3.8) is 0 Å². The normalized spacial score (nSPS) is 11.1. The minimum absolute atomic E-state index is 0.495. The van der Waals surface area contributed by atoms with E-state index in [2.05, 4.69) is 20.2 Å². The van der Waals surface area contributed by atoms with Crippen LogP contribution in [0.5, 0.6) is 0 Å². The molecule has 0 amide bonds. The summed E-state index contributed by atoms with van der Waals surface area (Å²) in [5.41, 5.74) is 8.19. The van der Waals surface area contributed by atoms with Crippen molar-refractivity contribution in [1.82, 2.24) is 20.2 Å². The summed E-state index contributed by atoms with van der Waals surface area (Å²) in [6.45, 7) is 0. The van der Waals surface area contributed by atoms with Crippen LogP contribution >= 0.6 is 11.6 Å². The predicted octanol–water partition coefficient (Wildman–Crippen LogP) is 2.19. The van der Waals surface area contributed by atoms with Crippen molar-refractivity contribution in [2.24, 2.45) is 0 Å². The Hall–Kier alpha value is -2.01. The highest BCUT2D eigenvalue weighted by Crippen LogP contribution is 2.28. The Labute approximate surface area is 95.6 Å². The second-order valence-corrected chi connectivity index (χ2v) is 3.81. The molecule has 80 valence electrons. The maximum atomic E-state index is 5.96. The van der Waals surface area contributed by atoms with Gasteiger partial charge in [0, 0.05) is 10.9 Å². The van der Waals surface area contributed by atoms with Gasteiger partial charge in [-0.3, -0.25) is 5.10 Å². The summed E-state index contributed by atoms with van der Waals surface area (Å²) < 4.78 is 0. The van der Waals surface area contributed by atoms with Gasteiger partial charge in [-0.15, -0.1) is 0 Å². The summed E-state index contributed by atoms with van der Waals surface area (Å²) in [5, 5.41) is 8.20. The lowest BCUT2D eigenvalue weighted by atomic mass is 10.1. The lowest BCUT2D eigenvalue weighted by Crippen LogP contribution is -1.83. The van der Waals surface area contributed by atoms with Crippen LogP contribution in [0, 0.1) is 0 Å². The Kier molecular flexibility index (Phi) is 1.87. The van der Waals surface area contributed by atoms with Gasteiger partial charge in [0.05, 0.1) is 11.8 Å². The van der Waals surface area contributed by atoms with Crippen molar-refractivity contribution in [3.05, 3.63) is 29.7 Å². The second kappa shape index (κ2) is 3.24. The first kappa shape index (κ1) is 9.23. The number of aromatic amines is 2. The van der Waals surface area contributed by atoms with Crippen molar-refractivity contribution < 1.29 is 0 Å². The van der Waals surface area contributed by atoms with E-state index < -0.39 is 0 Å². The number of benzene rings is 1. The van der Waals surface area contributed by atoms with Crippen LogP contribution in [-0.2, 0) is 0 Å². The van der Waals surface area contributed by atoms with E-state index in [0.29, 0.717) is 11.0 Å². The molecule has 0 saturated heterocycles. The number of hydrogen-bond donors (Lipinski definition) is 3. The summed E-state index contributed by atoms with van der Waals surface area (Å²) in [5.74, 6) is 0.495. The number of aromatic nitrogens is 4. The van der Waals surface area contributed by atoms with Crippen molar-refractivity contribution in [2.45, 2.75) is 0 Å². The molecule has 1 aromatic carbocycles. The lowest BCUT2D eigenvalue weighted by molar-refractivity contribution is 1.13. The van der Waals surface area contributed by atoms with Gasteiger partial charge in [0.2, 0.25) is 0 Å². The van der Waals surface area contributed by atoms with E-state index in [1.165, 1.54) is 0 Å². The Morgan fingerprint density at radius 2 is 2.19 bits per heavy atom. The smallest absolute Gasteiger partial charge is 0.153 e. The fourth-order valence-electron chi connectivity index (χ4n) is 1.67. The maximum absolute atomic E-state index is 5.96. The minimum atomic E-state index is 0.495. The molecule has 6 heteroatoms. The predicted molar refractivity (Wildman–Crippen MR) is 63.1 cm³/mol. The average molecular weight is 234 g/mol. The minimum Gasteiger partial charge on any atom is -0.382 e. The molecule has 0 fully saturated rings. The molecule has 16 heavy (non-hydrogen) atoms. The van der Waals surface area contributed by atoms with E-state index >= 15 is 0 Å². The monoisotopic (exact) mass is 233 g/mol. The highest BCUT2D eigenvalue weighted by molar-refractivity contribution is 6.31. The van der Waals surface area contributed by atoms with Crippen molar-refractivity contribution in [2.75, 3.05) is 5.73 Å². The first-order valence-electron chi connectivity index (χ1n) is 4.68. The van der Waals surface area contributed by atoms with Gasteiger partial charge < -0.3 is 10.7 Å². The zero-order valence-corrected chi connectivity index (χ0v) is 8.92. The summed E-state index contributed by atoms with van der Waals surface area (Å²) in [6.07, 6.45) is 1.56. The molecule has 5 nitrogen and oxygen atoms in total. The molecule has 0 atom stereocenters. The Morgan fingerprint density at radius 1 is 1.31 bits per heavy atom. The molecular formula is C10H8ClN5. The Bertz CT molecular complexity index is 654. The number of fused-ring (bicyclic) bond motifs is 1. The number of H-pyrrole nitrogens is 2. The van der Waals surface area contributed by atoms with Crippen molar-refractivity contribution in [1.29, 1.82) is 0 Å². The van der Waals surface area contributed by atoms with E-state index in [0.717, 1.165) is 22.2 Å². The molecule has 0 unspecified atom stereocenters. The van der Waals surface area contributed by atoms with Gasteiger partial charge in [0.15, 0.2) is 5.82 Å². The largest absolute Gasteiger partial charge is 0.382 e. The molecule has 0 saturated carbocycles. The third kappa shape index (κ3) is 1.25. The van der Waals surface area contributed by atoms with Crippen molar-refractivity contribution in [3.8, 4) is 11.3 Å². The van der Waals surface area contributed by atoms with Crippen LogP contribution < -0.4 is 5.73 Å². The fourth-order valence-corrected chi connectivity index (χ4v) is 1.87. The molecule has 2 heterocycles. The maximum Gasteiger partial charge on any atom is 0.153 e. The number of rotatable bonds is 1. The van der Waals surface area contributed by atoms with E-state index in [9.17, 15) is 0 Å². The van der Waals surface area contributed by atoms with Crippen LogP contribution in [0.15, 0.2) is 24.5 Å². The topological polar surface area (TPSA) is 83.4 Å². The number of nitrogens with two attached hydrogens (primary N) is 1. The van der Waals surface area contributed by atoms with Crippen LogP contribution in [0.25, 0.3) is 22.2 Å². The van der Waals surface area contributed by atoms with Crippen LogP contribution in [0.1, 0.15) is 0 Å². The van der Waals surface area contributed by atoms with E-state index in [1.54, 1.807) is 6.33 Å². The first-order valence-corrected chi connectivity index (χ1v) is 5.06. The van der Waals surface area contributed by atoms with Gasteiger partial charge in [-0.05, 0) is 12.1 Å². The van der Waals surface area contributed by atoms with Gasteiger partial charge in [-0.25, -0.2) is 4.98 Å².